The monoisotopic (exact) mass is 338 g/mol. The van der Waals surface area contributed by atoms with Crippen molar-refractivity contribution in [3.63, 3.8) is 0 Å². The van der Waals surface area contributed by atoms with E-state index in [-0.39, 0.29) is 11.4 Å². The maximum atomic E-state index is 14.0. The summed E-state index contributed by atoms with van der Waals surface area (Å²) in [4.78, 5) is 6.78. The summed E-state index contributed by atoms with van der Waals surface area (Å²) in [6.45, 7) is 10.5. The molecule has 1 unspecified atom stereocenters. The molecule has 1 atom stereocenters. The first kappa shape index (κ1) is 17.7. The molecule has 132 valence electrons. The van der Waals surface area contributed by atoms with Gasteiger partial charge in [0.15, 0.2) is 0 Å². The Balaban J connectivity index is 2.17. The summed E-state index contributed by atoms with van der Waals surface area (Å²) in [7, 11) is 2.03. The fourth-order valence-corrected chi connectivity index (χ4v) is 3.79. The SMILES string of the molecule is Cc1cc(C2(C)c3ccc(CC(C)C)cc3N=CN2C)c(C)cc1F. The molecule has 0 spiro atoms. The van der Waals surface area contributed by atoms with Gasteiger partial charge in [-0.15, -0.1) is 0 Å². The first-order chi connectivity index (χ1) is 11.7. The van der Waals surface area contributed by atoms with E-state index in [4.69, 9.17) is 0 Å². The summed E-state index contributed by atoms with van der Waals surface area (Å²) in [6.07, 6.45) is 2.93. The fraction of sp³-hybridized carbons (Fsp3) is 0.409. The Hall–Kier alpha value is -2.16. The van der Waals surface area contributed by atoms with Crippen LogP contribution < -0.4 is 0 Å². The average molecular weight is 338 g/mol. The van der Waals surface area contributed by atoms with Crippen molar-refractivity contribution < 1.29 is 4.39 Å². The second kappa shape index (κ2) is 6.29. The number of halogens is 1. The zero-order chi connectivity index (χ0) is 18.4. The lowest BCUT2D eigenvalue weighted by Crippen LogP contribution is -2.43. The highest BCUT2D eigenvalue weighted by Gasteiger charge is 2.38. The van der Waals surface area contributed by atoms with Gasteiger partial charge < -0.3 is 4.90 Å². The van der Waals surface area contributed by atoms with Crippen molar-refractivity contribution in [2.75, 3.05) is 7.05 Å². The van der Waals surface area contributed by atoms with E-state index in [0.717, 1.165) is 23.2 Å². The van der Waals surface area contributed by atoms with Crippen LogP contribution in [0.3, 0.4) is 0 Å². The van der Waals surface area contributed by atoms with Crippen molar-refractivity contribution in [3.8, 4) is 0 Å². The number of hydrogen-bond donors (Lipinski definition) is 0. The maximum absolute atomic E-state index is 14.0. The van der Waals surface area contributed by atoms with Gasteiger partial charge in [0.2, 0.25) is 0 Å². The van der Waals surface area contributed by atoms with E-state index in [0.29, 0.717) is 11.5 Å². The highest BCUT2D eigenvalue weighted by Crippen LogP contribution is 2.44. The van der Waals surface area contributed by atoms with E-state index in [1.54, 1.807) is 6.07 Å². The van der Waals surface area contributed by atoms with E-state index in [2.05, 4.69) is 48.9 Å². The summed E-state index contributed by atoms with van der Waals surface area (Å²) in [6, 6.07) is 10.2. The maximum Gasteiger partial charge on any atom is 0.126 e. The van der Waals surface area contributed by atoms with Gasteiger partial charge in [-0.25, -0.2) is 9.38 Å². The molecule has 1 aliphatic rings. The molecule has 3 heteroatoms. The molecule has 2 nitrogen and oxygen atoms in total. The molecule has 2 aromatic carbocycles. The van der Waals surface area contributed by atoms with Crippen LogP contribution in [0, 0.1) is 25.6 Å². The predicted octanol–water partition coefficient (Wildman–Crippen LogP) is 5.51. The quantitative estimate of drug-likeness (QED) is 0.720. The van der Waals surface area contributed by atoms with Gasteiger partial charge in [0, 0.05) is 12.6 Å². The van der Waals surface area contributed by atoms with Gasteiger partial charge >= 0.3 is 0 Å². The molecule has 0 fully saturated rings. The van der Waals surface area contributed by atoms with Crippen molar-refractivity contribution >= 4 is 12.0 Å². The summed E-state index contributed by atoms with van der Waals surface area (Å²) < 4.78 is 14.0. The Kier molecular flexibility index (Phi) is 4.44. The van der Waals surface area contributed by atoms with Crippen LogP contribution in [-0.4, -0.2) is 18.3 Å². The number of hydrogen-bond acceptors (Lipinski definition) is 2. The smallest absolute Gasteiger partial charge is 0.126 e. The Morgan fingerprint density at radius 1 is 1.08 bits per heavy atom. The van der Waals surface area contributed by atoms with Crippen molar-refractivity contribution in [3.05, 3.63) is 64.0 Å². The molecule has 1 aliphatic heterocycles. The third-order valence-corrected chi connectivity index (χ3v) is 5.34. The normalized spacial score (nSPS) is 19.4. The Morgan fingerprint density at radius 2 is 1.80 bits per heavy atom. The fourth-order valence-electron chi connectivity index (χ4n) is 3.79. The summed E-state index contributed by atoms with van der Waals surface area (Å²) in [5.74, 6) is 0.464. The number of rotatable bonds is 3. The van der Waals surface area contributed by atoms with Crippen LogP contribution in [0.15, 0.2) is 35.3 Å². The molecule has 0 saturated carbocycles. The van der Waals surface area contributed by atoms with Crippen LogP contribution in [0.4, 0.5) is 10.1 Å². The predicted molar refractivity (Wildman–Crippen MR) is 103 cm³/mol. The van der Waals surface area contributed by atoms with Crippen LogP contribution in [0.25, 0.3) is 0 Å². The van der Waals surface area contributed by atoms with Gasteiger partial charge in [-0.1, -0.05) is 32.0 Å². The van der Waals surface area contributed by atoms with Gasteiger partial charge in [-0.2, -0.15) is 0 Å². The van der Waals surface area contributed by atoms with Crippen LogP contribution in [0.5, 0.6) is 0 Å². The van der Waals surface area contributed by atoms with Crippen LogP contribution in [0.2, 0.25) is 0 Å². The molecule has 0 amide bonds. The van der Waals surface area contributed by atoms with Gasteiger partial charge in [-0.3, -0.25) is 0 Å². The number of fused-ring (bicyclic) bond motifs is 1. The molecular weight excluding hydrogens is 311 g/mol. The lowest BCUT2D eigenvalue weighted by Gasteiger charge is -2.43. The van der Waals surface area contributed by atoms with Crippen LogP contribution >= 0.6 is 0 Å². The van der Waals surface area contributed by atoms with Crippen LogP contribution in [-0.2, 0) is 12.0 Å². The van der Waals surface area contributed by atoms with Gasteiger partial charge in [0.25, 0.3) is 0 Å². The van der Waals surface area contributed by atoms with E-state index < -0.39 is 0 Å². The van der Waals surface area contributed by atoms with E-state index in [9.17, 15) is 4.39 Å². The van der Waals surface area contributed by atoms with Crippen molar-refractivity contribution in [2.45, 2.75) is 46.6 Å². The van der Waals surface area contributed by atoms with Gasteiger partial charge in [0.05, 0.1) is 17.6 Å². The molecule has 0 saturated heterocycles. The highest BCUT2D eigenvalue weighted by atomic mass is 19.1. The lowest BCUT2D eigenvalue weighted by atomic mass is 9.78. The minimum absolute atomic E-state index is 0.149. The zero-order valence-corrected chi connectivity index (χ0v) is 16.0. The molecule has 0 N–H and O–H groups in total. The van der Waals surface area contributed by atoms with E-state index in [1.807, 2.05) is 33.3 Å². The Bertz CT molecular complexity index is 838. The van der Waals surface area contributed by atoms with Crippen molar-refractivity contribution in [2.24, 2.45) is 10.9 Å². The second-order valence-electron chi connectivity index (χ2n) is 7.79. The largest absolute Gasteiger partial charge is 0.352 e. The number of nitrogens with zero attached hydrogens (tertiary/aromatic N) is 2. The Labute approximate surface area is 150 Å². The average Bonchev–Trinajstić information content (AvgIpc) is 2.54. The molecule has 0 radical (unpaired) electrons. The van der Waals surface area contributed by atoms with Crippen LogP contribution in [0.1, 0.15) is 48.6 Å². The third-order valence-electron chi connectivity index (χ3n) is 5.34. The molecule has 3 rings (SSSR count). The zero-order valence-electron chi connectivity index (χ0n) is 16.0. The first-order valence-electron chi connectivity index (χ1n) is 8.91. The molecule has 0 aliphatic carbocycles. The number of aryl methyl sites for hydroxylation is 2. The van der Waals surface area contributed by atoms with Crippen molar-refractivity contribution in [1.29, 1.82) is 0 Å². The Morgan fingerprint density at radius 3 is 2.48 bits per heavy atom. The number of aliphatic imine (C=N–C) groups is 1. The second-order valence-corrected chi connectivity index (χ2v) is 7.79. The highest BCUT2D eigenvalue weighted by molar-refractivity contribution is 5.72. The molecule has 25 heavy (non-hydrogen) atoms. The summed E-state index contributed by atoms with van der Waals surface area (Å²) in [5, 5.41) is 0. The van der Waals surface area contributed by atoms with E-state index >= 15 is 0 Å². The minimum Gasteiger partial charge on any atom is -0.352 e. The van der Waals surface area contributed by atoms with E-state index in [1.165, 1.54) is 11.1 Å². The van der Waals surface area contributed by atoms with Gasteiger partial charge in [-0.05, 0) is 67.5 Å². The molecule has 2 aromatic rings. The molecule has 0 aromatic heterocycles. The van der Waals surface area contributed by atoms with Gasteiger partial charge in [0.1, 0.15) is 5.82 Å². The molecule has 1 heterocycles. The van der Waals surface area contributed by atoms with Crippen molar-refractivity contribution in [1.82, 2.24) is 4.90 Å². The number of benzene rings is 2. The lowest BCUT2D eigenvalue weighted by molar-refractivity contribution is 0.290. The molecule has 0 bridgehead atoms. The standard InChI is InChI=1S/C22H27FN2/c1-14(2)9-17-7-8-18-21(12-17)24-13-25(6)22(18,5)19-10-16(4)20(23)11-15(19)3/h7-8,10-14H,9H2,1-6H3. The topological polar surface area (TPSA) is 15.6 Å². The third kappa shape index (κ3) is 2.97. The summed E-state index contributed by atoms with van der Waals surface area (Å²) >= 11 is 0. The minimum atomic E-state index is -0.365. The molecular formula is C22H27FN2. The summed E-state index contributed by atoms with van der Waals surface area (Å²) in [5.41, 5.74) is 5.89. The first-order valence-corrected chi connectivity index (χ1v) is 8.91.